The van der Waals surface area contributed by atoms with Crippen molar-refractivity contribution in [2.24, 2.45) is 11.7 Å². The van der Waals surface area contributed by atoms with Gasteiger partial charge in [-0.3, -0.25) is 0 Å². The highest BCUT2D eigenvalue weighted by Gasteiger charge is 2.26. The molecule has 1 nitrogen and oxygen atoms in total. The van der Waals surface area contributed by atoms with Crippen LogP contribution in [0.25, 0.3) is 0 Å². The molecule has 0 saturated heterocycles. The van der Waals surface area contributed by atoms with Crippen LogP contribution < -0.4 is 5.73 Å². The maximum Gasteiger partial charge on any atom is 0.103 e. The van der Waals surface area contributed by atoms with Gasteiger partial charge in [-0.15, -0.1) is 11.8 Å². The average molecular weight is 205 g/mol. The van der Waals surface area contributed by atoms with E-state index < -0.39 is 6.17 Å². The van der Waals surface area contributed by atoms with Gasteiger partial charge in [-0.1, -0.05) is 6.92 Å². The second-order valence-corrected chi connectivity index (χ2v) is 5.13. The summed E-state index contributed by atoms with van der Waals surface area (Å²) < 4.78 is 13.3. The second-order valence-electron chi connectivity index (χ2n) is 3.79. The molecule has 0 aromatic heterocycles. The zero-order chi connectivity index (χ0) is 9.68. The Morgan fingerprint density at radius 3 is 2.46 bits per heavy atom. The topological polar surface area (TPSA) is 26.0 Å². The summed E-state index contributed by atoms with van der Waals surface area (Å²) in [6.07, 6.45) is 4.56. The highest BCUT2D eigenvalue weighted by molar-refractivity contribution is 7.99. The molecule has 0 bridgehead atoms. The van der Waals surface area contributed by atoms with E-state index in [2.05, 4.69) is 0 Å². The van der Waals surface area contributed by atoms with Crippen molar-refractivity contribution in [3.8, 4) is 0 Å². The molecule has 0 radical (unpaired) electrons. The van der Waals surface area contributed by atoms with E-state index in [-0.39, 0.29) is 0 Å². The van der Waals surface area contributed by atoms with Crippen molar-refractivity contribution in [3.63, 3.8) is 0 Å². The lowest BCUT2D eigenvalue weighted by Crippen LogP contribution is -2.24. The van der Waals surface area contributed by atoms with Gasteiger partial charge in [0.2, 0.25) is 0 Å². The van der Waals surface area contributed by atoms with Crippen LogP contribution in [-0.2, 0) is 0 Å². The summed E-state index contributed by atoms with van der Waals surface area (Å²) in [5.41, 5.74) is 5.47. The first-order valence-electron chi connectivity index (χ1n) is 5.23. The molecule has 78 valence electrons. The Morgan fingerprint density at radius 1 is 1.38 bits per heavy atom. The third-order valence-corrected chi connectivity index (χ3v) is 4.09. The van der Waals surface area contributed by atoms with E-state index in [9.17, 15) is 4.39 Å². The van der Waals surface area contributed by atoms with E-state index in [1.165, 1.54) is 0 Å². The molecule has 3 heteroatoms. The van der Waals surface area contributed by atoms with Crippen LogP contribution in [0.3, 0.4) is 0 Å². The molecule has 2 N–H and O–H groups in total. The normalized spacial score (nSPS) is 31.6. The summed E-state index contributed by atoms with van der Waals surface area (Å²) in [4.78, 5) is 0. The van der Waals surface area contributed by atoms with Crippen molar-refractivity contribution < 1.29 is 4.39 Å². The molecule has 1 fully saturated rings. The third-order valence-electron chi connectivity index (χ3n) is 2.95. The maximum atomic E-state index is 13.3. The van der Waals surface area contributed by atoms with Crippen LogP contribution in [0, 0.1) is 5.92 Å². The zero-order valence-corrected chi connectivity index (χ0v) is 9.15. The number of thioether (sulfide) groups is 1. The summed E-state index contributed by atoms with van der Waals surface area (Å²) in [7, 11) is 0. The molecule has 0 aromatic rings. The fourth-order valence-corrected chi connectivity index (χ4v) is 2.96. The Morgan fingerprint density at radius 2 is 2.00 bits per heavy atom. The second kappa shape index (κ2) is 5.86. The van der Waals surface area contributed by atoms with Crippen LogP contribution in [0.15, 0.2) is 0 Å². The van der Waals surface area contributed by atoms with Crippen LogP contribution in [0.5, 0.6) is 0 Å². The van der Waals surface area contributed by atoms with Gasteiger partial charge >= 0.3 is 0 Å². The van der Waals surface area contributed by atoms with Gasteiger partial charge < -0.3 is 5.73 Å². The number of halogens is 1. The minimum atomic E-state index is -0.566. The van der Waals surface area contributed by atoms with Crippen molar-refractivity contribution in [1.82, 2.24) is 0 Å². The zero-order valence-electron chi connectivity index (χ0n) is 8.34. The van der Waals surface area contributed by atoms with Gasteiger partial charge in [0.15, 0.2) is 0 Å². The van der Waals surface area contributed by atoms with E-state index in [1.54, 1.807) is 0 Å². The standard InChI is InChI=1S/C10H20FNS/c1-2-10(11)8-3-5-9(6-4-8)13-7-12/h8-10H,2-7,12H2,1H3. The number of alkyl halides is 1. The van der Waals surface area contributed by atoms with Gasteiger partial charge in [-0.2, -0.15) is 0 Å². The van der Waals surface area contributed by atoms with E-state index in [0.717, 1.165) is 25.7 Å². The third kappa shape index (κ3) is 3.47. The molecule has 1 aliphatic carbocycles. The molecule has 1 atom stereocenters. The summed E-state index contributed by atoms with van der Waals surface area (Å²) in [5, 5.41) is 0.699. The van der Waals surface area contributed by atoms with Crippen LogP contribution in [0.1, 0.15) is 39.0 Å². The smallest absolute Gasteiger partial charge is 0.103 e. The minimum absolute atomic E-state index is 0.333. The average Bonchev–Trinajstić information content (AvgIpc) is 2.18. The van der Waals surface area contributed by atoms with Crippen LogP contribution in [-0.4, -0.2) is 17.3 Å². The first-order chi connectivity index (χ1) is 6.27. The summed E-state index contributed by atoms with van der Waals surface area (Å²) >= 11 is 1.83. The predicted molar refractivity (Wildman–Crippen MR) is 57.6 cm³/mol. The number of hydrogen-bond acceptors (Lipinski definition) is 2. The Kier molecular flexibility index (Phi) is 5.10. The molecule has 1 unspecified atom stereocenters. The van der Waals surface area contributed by atoms with E-state index in [1.807, 2.05) is 18.7 Å². The Bertz CT molecular complexity index is 135. The molecule has 0 spiro atoms. The number of rotatable bonds is 4. The minimum Gasteiger partial charge on any atom is -0.322 e. The fourth-order valence-electron chi connectivity index (χ4n) is 2.09. The summed E-state index contributed by atoms with van der Waals surface area (Å²) in [6.45, 7) is 1.94. The Hall–Kier alpha value is 0.240. The molecule has 13 heavy (non-hydrogen) atoms. The van der Waals surface area contributed by atoms with Gasteiger partial charge in [-0.05, 0) is 38.0 Å². The SMILES string of the molecule is CCC(F)C1CCC(SCN)CC1. The maximum absolute atomic E-state index is 13.3. The van der Waals surface area contributed by atoms with Crippen molar-refractivity contribution in [2.75, 3.05) is 5.88 Å². The molecule has 1 aliphatic rings. The van der Waals surface area contributed by atoms with E-state index >= 15 is 0 Å². The first kappa shape index (κ1) is 11.3. The molecule has 0 aliphatic heterocycles. The van der Waals surface area contributed by atoms with Crippen molar-refractivity contribution in [2.45, 2.75) is 50.4 Å². The van der Waals surface area contributed by atoms with Gasteiger partial charge in [0.25, 0.3) is 0 Å². The predicted octanol–water partition coefficient (Wildman–Crippen LogP) is 2.94. The van der Waals surface area contributed by atoms with Crippen molar-refractivity contribution in [3.05, 3.63) is 0 Å². The summed E-state index contributed by atoms with van der Waals surface area (Å²) in [5.74, 6) is 1.04. The van der Waals surface area contributed by atoms with Crippen molar-refractivity contribution >= 4 is 11.8 Å². The highest BCUT2D eigenvalue weighted by Crippen LogP contribution is 2.34. The lowest BCUT2D eigenvalue weighted by Gasteiger charge is -2.29. The van der Waals surface area contributed by atoms with Gasteiger partial charge in [-0.25, -0.2) is 4.39 Å². The largest absolute Gasteiger partial charge is 0.322 e. The molecule has 0 heterocycles. The molecule has 0 aromatic carbocycles. The molecular weight excluding hydrogens is 185 g/mol. The molecule has 1 saturated carbocycles. The lowest BCUT2D eigenvalue weighted by molar-refractivity contribution is 0.178. The molecule has 0 amide bonds. The highest BCUT2D eigenvalue weighted by atomic mass is 32.2. The Balaban J connectivity index is 2.22. The molecule has 1 rings (SSSR count). The van der Waals surface area contributed by atoms with Gasteiger partial charge in [0.05, 0.1) is 0 Å². The fraction of sp³-hybridized carbons (Fsp3) is 1.00. The van der Waals surface area contributed by atoms with Gasteiger partial charge in [0.1, 0.15) is 6.17 Å². The van der Waals surface area contributed by atoms with E-state index in [4.69, 9.17) is 5.73 Å². The first-order valence-corrected chi connectivity index (χ1v) is 6.28. The molecular formula is C10H20FNS. The quantitative estimate of drug-likeness (QED) is 0.714. The van der Waals surface area contributed by atoms with Crippen LogP contribution in [0.2, 0.25) is 0 Å². The lowest BCUT2D eigenvalue weighted by atomic mass is 9.85. The van der Waals surface area contributed by atoms with Crippen molar-refractivity contribution in [1.29, 1.82) is 0 Å². The van der Waals surface area contributed by atoms with Gasteiger partial charge in [0, 0.05) is 11.1 Å². The number of hydrogen-bond donors (Lipinski definition) is 1. The monoisotopic (exact) mass is 205 g/mol. The van der Waals surface area contributed by atoms with E-state index in [0.29, 0.717) is 23.5 Å². The summed E-state index contributed by atoms with van der Waals surface area (Å²) in [6, 6.07) is 0. The van der Waals surface area contributed by atoms with Crippen LogP contribution >= 0.6 is 11.8 Å². The Labute approximate surface area is 84.6 Å². The number of nitrogens with two attached hydrogens (primary N) is 1. The van der Waals surface area contributed by atoms with Crippen LogP contribution in [0.4, 0.5) is 4.39 Å².